The molecule has 0 unspecified atom stereocenters. The highest BCUT2D eigenvalue weighted by molar-refractivity contribution is 5.73. The number of hydrogen-bond donors (Lipinski definition) is 1. The standard InChI is InChI=1S/C31H63NO/c1-2-3-4-5-6-7-8-9-10-11-12-13-14-15-16-17-18-19-20-21-22-23-24-25-26-27-28-29-30-31(32)33/h2-30H2,1H3,(H2,32,33). The van der Waals surface area contributed by atoms with E-state index in [1.54, 1.807) is 0 Å². The van der Waals surface area contributed by atoms with Gasteiger partial charge in [-0.15, -0.1) is 0 Å². The van der Waals surface area contributed by atoms with Crippen LogP contribution < -0.4 is 5.73 Å². The van der Waals surface area contributed by atoms with E-state index >= 15 is 0 Å². The van der Waals surface area contributed by atoms with Crippen LogP contribution in [-0.4, -0.2) is 5.91 Å². The van der Waals surface area contributed by atoms with Crippen LogP contribution >= 0.6 is 0 Å². The van der Waals surface area contributed by atoms with Gasteiger partial charge in [-0.1, -0.05) is 180 Å². The summed E-state index contributed by atoms with van der Waals surface area (Å²) >= 11 is 0. The molecule has 0 aromatic heterocycles. The van der Waals surface area contributed by atoms with Crippen LogP contribution in [0.4, 0.5) is 0 Å². The quantitative estimate of drug-likeness (QED) is 0.110. The van der Waals surface area contributed by atoms with Crippen molar-refractivity contribution < 1.29 is 4.79 Å². The fraction of sp³-hybridized carbons (Fsp3) is 0.968. The Kier molecular flexibility index (Phi) is 29.0. The van der Waals surface area contributed by atoms with Gasteiger partial charge >= 0.3 is 0 Å². The van der Waals surface area contributed by atoms with E-state index in [2.05, 4.69) is 6.92 Å². The molecule has 2 heteroatoms. The predicted octanol–water partition coefficient (Wildman–Crippen LogP) is 10.8. The minimum absolute atomic E-state index is 0.148. The Morgan fingerprint density at radius 3 is 0.727 bits per heavy atom. The summed E-state index contributed by atoms with van der Waals surface area (Å²) < 4.78 is 0. The van der Waals surface area contributed by atoms with Gasteiger partial charge in [0.15, 0.2) is 0 Å². The van der Waals surface area contributed by atoms with E-state index in [1.165, 1.54) is 173 Å². The van der Waals surface area contributed by atoms with Crippen molar-refractivity contribution >= 4 is 5.91 Å². The summed E-state index contributed by atoms with van der Waals surface area (Å²) in [5, 5.41) is 0. The van der Waals surface area contributed by atoms with Crippen LogP contribution in [0.2, 0.25) is 0 Å². The van der Waals surface area contributed by atoms with Gasteiger partial charge in [0, 0.05) is 6.42 Å². The lowest BCUT2D eigenvalue weighted by atomic mass is 10.0. The van der Waals surface area contributed by atoms with Crippen molar-refractivity contribution in [3.05, 3.63) is 0 Å². The van der Waals surface area contributed by atoms with Crippen LogP contribution in [0.5, 0.6) is 0 Å². The summed E-state index contributed by atoms with van der Waals surface area (Å²) in [6, 6.07) is 0. The molecule has 1 amide bonds. The summed E-state index contributed by atoms with van der Waals surface area (Å²) in [7, 11) is 0. The van der Waals surface area contributed by atoms with Crippen LogP contribution in [0.1, 0.15) is 193 Å². The molecule has 0 aliphatic carbocycles. The third-order valence-electron chi connectivity index (χ3n) is 7.28. The average Bonchev–Trinajstić information content (AvgIpc) is 2.80. The minimum atomic E-state index is -0.148. The molecule has 0 bridgehead atoms. The fourth-order valence-electron chi connectivity index (χ4n) is 4.97. The maximum Gasteiger partial charge on any atom is 0.217 e. The third kappa shape index (κ3) is 31.5. The molecular formula is C31H63NO. The lowest BCUT2D eigenvalue weighted by Crippen LogP contribution is -2.09. The second-order valence-electron chi connectivity index (χ2n) is 10.8. The van der Waals surface area contributed by atoms with E-state index in [9.17, 15) is 4.79 Å². The summed E-state index contributed by atoms with van der Waals surface area (Å²) in [5.74, 6) is -0.148. The molecular weight excluding hydrogens is 402 g/mol. The van der Waals surface area contributed by atoms with E-state index in [4.69, 9.17) is 5.73 Å². The van der Waals surface area contributed by atoms with Crippen LogP contribution in [0.15, 0.2) is 0 Å². The Balaban J connectivity index is 3.01. The highest BCUT2D eigenvalue weighted by Gasteiger charge is 1.97. The Morgan fingerprint density at radius 2 is 0.545 bits per heavy atom. The van der Waals surface area contributed by atoms with E-state index in [0.717, 1.165) is 6.42 Å². The number of hydrogen-bond acceptors (Lipinski definition) is 1. The van der Waals surface area contributed by atoms with Gasteiger partial charge in [0.2, 0.25) is 5.91 Å². The molecule has 33 heavy (non-hydrogen) atoms. The lowest BCUT2D eigenvalue weighted by molar-refractivity contribution is -0.118. The summed E-state index contributed by atoms with van der Waals surface area (Å²) in [6.07, 6.45) is 40.2. The number of rotatable bonds is 29. The molecule has 0 atom stereocenters. The number of primary amides is 1. The Morgan fingerprint density at radius 1 is 0.364 bits per heavy atom. The second kappa shape index (κ2) is 29.5. The summed E-state index contributed by atoms with van der Waals surface area (Å²) in [5.41, 5.74) is 5.16. The molecule has 0 aromatic rings. The van der Waals surface area contributed by atoms with E-state index < -0.39 is 0 Å². The van der Waals surface area contributed by atoms with Crippen molar-refractivity contribution in [3.8, 4) is 0 Å². The first kappa shape index (κ1) is 32.5. The van der Waals surface area contributed by atoms with E-state index in [-0.39, 0.29) is 5.91 Å². The molecule has 0 aromatic carbocycles. The lowest BCUT2D eigenvalue weighted by Gasteiger charge is -2.04. The van der Waals surface area contributed by atoms with Crippen molar-refractivity contribution in [2.45, 2.75) is 193 Å². The first-order valence-corrected chi connectivity index (χ1v) is 15.6. The fourth-order valence-corrected chi connectivity index (χ4v) is 4.97. The van der Waals surface area contributed by atoms with Gasteiger partial charge in [0.1, 0.15) is 0 Å². The van der Waals surface area contributed by atoms with Crippen molar-refractivity contribution in [2.24, 2.45) is 5.73 Å². The predicted molar refractivity (Wildman–Crippen MR) is 149 cm³/mol. The largest absolute Gasteiger partial charge is 0.370 e. The molecule has 0 spiro atoms. The van der Waals surface area contributed by atoms with Crippen molar-refractivity contribution in [1.29, 1.82) is 0 Å². The van der Waals surface area contributed by atoms with Crippen molar-refractivity contribution in [1.82, 2.24) is 0 Å². The van der Waals surface area contributed by atoms with Crippen LogP contribution in [0.3, 0.4) is 0 Å². The zero-order valence-corrected chi connectivity index (χ0v) is 23.0. The molecule has 0 radical (unpaired) electrons. The molecule has 0 aliphatic heterocycles. The average molecular weight is 466 g/mol. The van der Waals surface area contributed by atoms with Gasteiger partial charge in [-0.25, -0.2) is 0 Å². The second-order valence-corrected chi connectivity index (χ2v) is 10.8. The number of carbonyl (C=O) groups is 1. The summed E-state index contributed by atoms with van der Waals surface area (Å²) in [6.45, 7) is 2.30. The highest BCUT2D eigenvalue weighted by atomic mass is 16.1. The third-order valence-corrected chi connectivity index (χ3v) is 7.28. The van der Waals surface area contributed by atoms with Crippen molar-refractivity contribution in [3.63, 3.8) is 0 Å². The van der Waals surface area contributed by atoms with Crippen LogP contribution in [0.25, 0.3) is 0 Å². The van der Waals surface area contributed by atoms with E-state index in [0.29, 0.717) is 6.42 Å². The van der Waals surface area contributed by atoms with Gasteiger partial charge in [0.25, 0.3) is 0 Å². The normalized spacial score (nSPS) is 11.3. The number of unbranched alkanes of at least 4 members (excludes halogenated alkanes) is 27. The topological polar surface area (TPSA) is 43.1 Å². The molecule has 0 rings (SSSR count). The van der Waals surface area contributed by atoms with Gasteiger partial charge in [0.05, 0.1) is 0 Å². The molecule has 0 aliphatic rings. The highest BCUT2D eigenvalue weighted by Crippen LogP contribution is 2.16. The molecule has 0 saturated heterocycles. The number of amides is 1. The first-order valence-electron chi connectivity index (χ1n) is 15.6. The maximum atomic E-state index is 10.7. The number of carbonyl (C=O) groups excluding carboxylic acids is 1. The Bertz CT molecular complexity index is 368. The molecule has 2 nitrogen and oxygen atoms in total. The molecule has 2 N–H and O–H groups in total. The van der Waals surface area contributed by atoms with Crippen LogP contribution in [-0.2, 0) is 4.79 Å². The Hall–Kier alpha value is -0.530. The van der Waals surface area contributed by atoms with Gasteiger partial charge in [-0.3, -0.25) is 4.79 Å². The summed E-state index contributed by atoms with van der Waals surface area (Å²) in [4.78, 5) is 10.7. The van der Waals surface area contributed by atoms with Crippen molar-refractivity contribution in [2.75, 3.05) is 0 Å². The monoisotopic (exact) mass is 465 g/mol. The SMILES string of the molecule is CCCCCCCCCCCCCCCCCCCCCCCCCCCCCCC(N)=O. The maximum absolute atomic E-state index is 10.7. The molecule has 0 heterocycles. The molecule has 0 saturated carbocycles. The van der Waals surface area contributed by atoms with Gasteiger partial charge < -0.3 is 5.73 Å². The number of nitrogens with two attached hydrogens (primary N) is 1. The smallest absolute Gasteiger partial charge is 0.217 e. The Labute approximate surface area is 209 Å². The molecule has 0 fully saturated rings. The minimum Gasteiger partial charge on any atom is -0.370 e. The zero-order valence-electron chi connectivity index (χ0n) is 23.0. The first-order chi connectivity index (χ1) is 16.3. The van der Waals surface area contributed by atoms with E-state index in [1.807, 2.05) is 0 Å². The van der Waals surface area contributed by atoms with Gasteiger partial charge in [-0.05, 0) is 6.42 Å². The zero-order chi connectivity index (χ0) is 24.1. The van der Waals surface area contributed by atoms with Gasteiger partial charge in [-0.2, -0.15) is 0 Å². The van der Waals surface area contributed by atoms with Crippen LogP contribution in [0, 0.1) is 0 Å². The molecule has 198 valence electrons.